The lowest BCUT2D eigenvalue weighted by Crippen LogP contribution is -2.34. The number of nitrogens with two attached hydrogens (primary N) is 1. The summed E-state index contributed by atoms with van der Waals surface area (Å²) in [4.78, 5) is 12.3. The monoisotopic (exact) mass is 219 g/mol. The maximum absolute atomic E-state index is 10.6. The van der Waals surface area contributed by atoms with Crippen LogP contribution in [0.3, 0.4) is 0 Å². The smallest absolute Gasteiger partial charge is 0.323 e. The van der Waals surface area contributed by atoms with Gasteiger partial charge in [-0.2, -0.15) is 5.26 Å². The molecule has 0 unspecified atom stereocenters. The quantitative estimate of drug-likeness (QED) is 0.748. The third kappa shape index (κ3) is 3.26. The van der Waals surface area contributed by atoms with Crippen LogP contribution in [0.5, 0.6) is 0 Å². The van der Waals surface area contributed by atoms with E-state index in [9.17, 15) is 4.79 Å². The highest BCUT2D eigenvalue weighted by Crippen LogP contribution is 2.14. The Labute approximate surface area is 93.7 Å². The number of anilines is 1. The summed E-state index contributed by atoms with van der Waals surface area (Å²) in [5, 5.41) is 17.4. The summed E-state index contributed by atoms with van der Waals surface area (Å²) < 4.78 is 0. The molecule has 0 aliphatic carbocycles. The highest BCUT2D eigenvalue weighted by Gasteiger charge is 2.09. The number of aliphatic carboxylic acids is 1. The number of nitrogens with zero attached hydrogens (tertiary/aromatic N) is 2. The van der Waals surface area contributed by atoms with E-state index in [2.05, 4.69) is 0 Å². The highest BCUT2D eigenvalue weighted by atomic mass is 16.4. The first-order valence-electron chi connectivity index (χ1n) is 4.84. The van der Waals surface area contributed by atoms with Crippen molar-refractivity contribution in [2.45, 2.75) is 0 Å². The minimum Gasteiger partial charge on any atom is -0.480 e. The van der Waals surface area contributed by atoms with Gasteiger partial charge in [-0.1, -0.05) is 0 Å². The Morgan fingerprint density at radius 1 is 1.44 bits per heavy atom. The van der Waals surface area contributed by atoms with Crippen LogP contribution < -0.4 is 10.6 Å². The molecule has 0 bridgehead atoms. The van der Waals surface area contributed by atoms with Gasteiger partial charge in [-0.05, 0) is 24.3 Å². The molecule has 1 aromatic carbocycles. The van der Waals surface area contributed by atoms with E-state index in [0.717, 1.165) is 5.69 Å². The van der Waals surface area contributed by atoms with E-state index >= 15 is 0 Å². The SMILES string of the molecule is N#Cc1ccc(N(CCN)CC(=O)O)cc1. The first kappa shape index (κ1) is 12.0. The van der Waals surface area contributed by atoms with Crippen LogP contribution in [0, 0.1) is 11.3 Å². The van der Waals surface area contributed by atoms with Crippen LogP contribution in [0.25, 0.3) is 0 Å². The average molecular weight is 219 g/mol. The molecule has 0 aromatic heterocycles. The molecule has 1 rings (SSSR count). The van der Waals surface area contributed by atoms with Gasteiger partial charge in [-0.15, -0.1) is 0 Å². The van der Waals surface area contributed by atoms with Crippen molar-refractivity contribution in [3.05, 3.63) is 29.8 Å². The molecule has 0 atom stereocenters. The molecule has 1 aromatic rings. The van der Waals surface area contributed by atoms with Crippen LogP contribution in [0.1, 0.15) is 5.56 Å². The third-order valence-electron chi connectivity index (χ3n) is 2.09. The number of hydrogen-bond acceptors (Lipinski definition) is 4. The van der Waals surface area contributed by atoms with Gasteiger partial charge < -0.3 is 15.7 Å². The average Bonchev–Trinajstić information content (AvgIpc) is 2.28. The van der Waals surface area contributed by atoms with Gasteiger partial charge in [0, 0.05) is 18.8 Å². The lowest BCUT2D eigenvalue weighted by Gasteiger charge is -2.21. The van der Waals surface area contributed by atoms with Gasteiger partial charge in [0.25, 0.3) is 0 Å². The standard InChI is InChI=1S/C11H13N3O2/c12-5-6-14(8-11(15)16)10-3-1-9(7-13)2-4-10/h1-4H,5-6,8,12H2,(H,15,16). The summed E-state index contributed by atoms with van der Waals surface area (Å²) in [6.45, 7) is 0.759. The summed E-state index contributed by atoms with van der Waals surface area (Å²) in [6, 6.07) is 8.75. The number of carboxylic acid groups (broad SMARTS) is 1. The van der Waals surface area contributed by atoms with E-state index < -0.39 is 5.97 Å². The van der Waals surface area contributed by atoms with E-state index in [4.69, 9.17) is 16.1 Å². The predicted molar refractivity (Wildman–Crippen MR) is 60.1 cm³/mol. The fraction of sp³-hybridized carbons (Fsp3) is 0.273. The zero-order valence-electron chi connectivity index (χ0n) is 8.76. The minimum atomic E-state index is -0.905. The molecular formula is C11H13N3O2. The molecule has 3 N–H and O–H groups in total. The lowest BCUT2D eigenvalue weighted by atomic mass is 10.2. The molecule has 0 radical (unpaired) electrons. The van der Waals surface area contributed by atoms with Crippen molar-refractivity contribution in [3.8, 4) is 6.07 Å². The first-order valence-corrected chi connectivity index (χ1v) is 4.84. The molecule has 0 aliphatic heterocycles. The van der Waals surface area contributed by atoms with Crippen LogP contribution >= 0.6 is 0 Å². The van der Waals surface area contributed by atoms with Gasteiger partial charge in [-0.25, -0.2) is 0 Å². The number of nitriles is 1. The summed E-state index contributed by atoms with van der Waals surface area (Å²) in [6.07, 6.45) is 0. The molecule has 0 spiro atoms. The van der Waals surface area contributed by atoms with Gasteiger partial charge in [-0.3, -0.25) is 4.79 Å². The Bertz CT molecular complexity index is 395. The van der Waals surface area contributed by atoms with E-state index in [1.165, 1.54) is 0 Å². The van der Waals surface area contributed by atoms with E-state index in [1.54, 1.807) is 29.2 Å². The van der Waals surface area contributed by atoms with Crippen molar-refractivity contribution >= 4 is 11.7 Å². The van der Waals surface area contributed by atoms with Crippen LogP contribution in [-0.2, 0) is 4.79 Å². The fourth-order valence-electron chi connectivity index (χ4n) is 1.37. The topological polar surface area (TPSA) is 90.4 Å². The maximum Gasteiger partial charge on any atom is 0.323 e. The number of carbonyl (C=O) groups is 1. The Hall–Kier alpha value is -2.06. The van der Waals surface area contributed by atoms with E-state index in [1.807, 2.05) is 6.07 Å². The molecule has 5 nitrogen and oxygen atoms in total. The minimum absolute atomic E-state index is 0.0941. The highest BCUT2D eigenvalue weighted by molar-refractivity contribution is 5.73. The molecule has 0 aliphatic rings. The Morgan fingerprint density at radius 3 is 2.50 bits per heavy atom. The van der Waals surface area contributed by atoms with Crippen LogP contribution in [-0.4, -0.2) is 30.7 Å². The van der Waals surface area contributed by atoms with Crippen molar-refractivity contribution in [1.82, 2.24) is 0 Å². The predicted octanol–water partition coefficient (Wildman–Crippen LogP) is 0.408. The van der Waals surface area contributed by atoms with Gasteiger partial charge >= 0.3 is 5.97 Å². The third-order valence-corrected chi connectivity index (χ3v) is 2.09. The zero-order valence-corrected chi connectivity index (χ0v) is 8.76. The lowest BCUT2D eigenvalue weighted by molar-refractivity contribution is -0.135. The maximum atomic E-state index is 10.6. The Balaban J connectivity index is 2.84. The van der Waals surface area contributed by atoms with Crippen molar-refractivity contribution in [2.24, 2.45) is 5.73 Å². The number of rotatable bonds is 5. The summed E-state index contributed by atoms with van der Waals surface area (Å²) in [5.41, 5.74) is 6.72. The molecule has 0 amide bonds. The molecule has 0 heterocycles. The Kier molecular flexibility index (Phi) is 4.30. The van der Waals surface area contributed by atoms with Crippen LogP contribution in [0.2, 0.25) is 0 Å². The molecule has 16 heavy (non-hydrogen) atoms. The number of hydrogen-bond donors (Lipinski definition) is 2. The van der Waals surface area contributed by atoms with Gasteiger partial charge in [0.2, 0.25) is 0 Å². The van der Waals surface area contributed by atoms with Gasteiger partial charge in [0.15, 0.2) is 0 Å². The second kappa shape index (κ2) is 5.73. The first-order chi connectivity index (χ1) is 7.67. The van der Waals surface area contributed by atoms with Crippen molar-refractivity contribution < 1.29 is 9.90 Å². The second-order valence-electron chi connectivity index (χ2n) is 3.26. The number of carboxylic acids is 1. The molecule has 5 heteroatoms. The fourth-order valence-corrected chi connectivity index (χ4v) is 1.37. The van der Waals surface area contributed by atoms with Gasteiger partial charge in [0.05, 0.1) is 11.6 Å². The van der Waals surface area contributed by atoms with Crippen molar-refractivity contribution in [2.75, 3.05) is 24.5 Å². The largest absolute Gasteiger partial charge is 0.480 e. The van der Waals surface area contributed by atoms with Crippen molar-refractivity contribution in [3.63, 3.8) is 0 Å². The Morgan fingerprint density at radius 2 is 2.06 bits per heavy atom. The normalized spacial score (nSPS) is 9.50. The van der Waals surface area contributed by atoms with Crippen molar-refractivity contribution in [1.29, 1.82) is 5.26 Å². The van der Waals surface area contributed by atoms with Crippen LogP contribution in [0.4, 0.5) is 5.69 Å². The number of benzene rings is 1. The summed E-state index contributed by atoms with van der Waals surface area (Å²) in [7, 11) is 0. The van der Waals surface area contributed by atoms with Gasteiger partial charge in [0.1, 0.15) is 6.54 Å². The molecule has 0 fully saturated rings. The molecule has 0 saturated heterocycles. The zero-order chi connectivity index (χ0) is 12.0. The summed E-state index contributed by atoms with van der Waals surface area (Å²) >= 11 is 0. The summed E-state index contributed by atoms with van der Waals surface area (Å²) in [5.74, 6) is -0.905. The van der Waals surface area contributed by atoms with Crippen LogP contribution in [0.15, 0.2) is 24.3 Å². The van der Waals surface area contributed by atoms with E-state index in [0.29, 0.717) is 18.7 Å². The second-order valence-corrected chi connectivity index (χ2v) is 3.26. The molecular weight excluding hydrogens is 206 g/mol. The molecule has 0 saturated carbocycles. The van der Waals surface area contributed by atoms with E-state index in [-0.39, 0.29) is 6.54 Å². The molecule has 84 valence electrons.